The molecule has 172 valence electrons. The van der Waals surface area contributed by atoms with E-state index in [9.17, 15) is 9.59 Å². The van der Waals surface area contributed by atoms with Gasteiger partial charge >= 0.3 is 4.87 Å². The van der Waals surface area contributed by atoms with Gasteiger partial charge in [0.1, 0.15) is 0 Å². The molecular formula is C25H25Cl2N3O2S. The molecule has 33 heavy (non-hydrogen) atoms. The van der Waals surface area contributed by atoms with E-state index in [2.05, 4.69) is 16.0 Å². The molecule has 5 nitrogen and oxygen atoms in total. The number of hydrogen-bond acceptors (Lipinski definition) is 4. The van der Waals surface area contributed by atoms with Crippen LogP contribution in [0.5, 0.6) is 0 Å². The molecule has 1 amide bonds. The van der Waals surface area contributed by atoms with E-state index in [0.717, 1.165) is 33.5 Å². The maximum absolute atomic E-state index is 13.2. The second-order valence-electron chi connectivity index (χ2n) is 7.96. The first-order chi connectivity index (χ1) is 15.4. The highest BCUT2D eigenvalue weighted by Crippen LogP contribution is 2.26. The van der Waals surface area contributed by atoms with Crippen molar-refractivity contribution >= 4 is 51.5 Å². The van der Waals surface area contributed by atoms with E-state index in [4.69, 9.17) is 11.6 Å². The lowest BCUT2D eigenvalue weighted by Gasteiger charge is -2.25. The summed E-state index contributed by atoms with van der Waals surface area (Å²) in [5.74, 6) is -0.0209. The number of carbonyl (C=O) groups is 1. The topological polar surface area (TPSA) is 56.4 Å². The zero-order chi connectivity index (χ0) is 22.7. The van der Waals surface area contributed by atoms with Crippen LogP contribution in [0.1, 0.15) is 15.9 Å². The number of amides is 1. The fourth-order valence-electron chi connectivity index (χ4n) is 3.54. The molecule has 0 aliphatic carbocycles. The van der Waals surface area contributed by atoms with Crippen molar-refractivity contribution in [1.82, 2.24) is 14.8 Å². The van der Waals surface area contributed by atoms with Gasteiger partial charge in [0.15, 0.2) is 0 Å². The number of aromatic nitrogens is 1. The molecule has 0 unspecified atom stereocenters. The Morgan fingerprint density at radius 2 is 1.70 bits per heavy atom. The van der Waals surface area contributed by atoms with Crippen LogP contribution in [0, 0.1) is 0 Å². The quantitative estimate of drug-likeness (QED) is 0.361. The zero-order valence-corrected chi connectivity index (χ0v) is 20.8. The molecule has 3 aromatic carbocycles. The Balaban J connectivity index is 0.00000306. The van der Waals surface area contributed by atoms with Crippen LogP contribution < -0.4 is 4.87 Å². The maximum Gasteiger partial charge on any atom is 0.305 e. The third kappa shape index (κ3) is 6.24. The third-order valence-corrected chi connectivity index (χ3v) is 6.35. The summed E-state index contributed by atoms with van der Waals surface area (Å²) >= 11 is 7.20. The van der Waals surface area contributed by atoms with E-state index < -0.39 is 0 Å². The van der Waals surface area contributed by atoms with Gasteiger partial charge in [0.25, 0.3) is 5.91 Å². The van der Waals surface area contributed by atoms with Gasteiger partial charge in [0, 0.05) is 30.2 Å². The van der Waals surface area contributed by atoms with Gasteiger partial charge in [-0.2, -0.15) is 0 Å². The summed E-state index contributed by atoms with van der Waals surface area (Å²) < 4.78 is 0.934. The SMILES string of the molecule is CN(C)CCN(Cc1cccc(-c2ccc3[nH]c(=O)sc3c2)c1)C(=O)c1ccc(Cl)cc1.Cl. The first-order valence-electron chi connectivity index (χ1n) is 10.3. The second-order valence-corrected chi connectivity index (χ2v) is 9.41. The largest absolute Gasteiger partial charge is 0.333 e. The van der Waals surface area contributed by atoms with Crippen molar-refractivity contribution in [2.75, 3.05) is 27.2 Å². The second kappa shape index (κ2) is 11.0. The summed E-state index contributed by atoms with van der Waals surface area (Å²) in [5.41, 5.74) is 4.61. The summed E-state index contributed by atoms with van der Waals surface area (Å²) in [6, 6.07) is 21.2. The summed E-state index contributed by atoms with van der Waals surface area (Å²) in [6.07, 6.45) is 0. The van der Waals surface area contributed by atoms with Gasteiger partial charge < -0.3 is 14.8 Å². The summed E-state index contributed by atoms with van der Waals surface area (Å²) in [4.78, 5) is 31.6. The number of carbonyl (C=O) groups excluding carboxylic acids is 1. The molecule has 0 saturated carbocycles. The van der Waals surface area contributed by atoms with E-state index in [0.29, 0.717) is 23.7 Å². The molecule has 4 rings (SSSR count). The molecule has 0 atom stereocenters. The highest BCUT2D eigenvalue weighted by atomic mass is 35.5. The maximum atomic E-state index is 13.2. The van der Waals surface area contributed by atoms with Crippen LogP contribution in [-0.2, 0) is 6.54 Å². The number of likely N-dealkylation sites (N-methyl/N-ethyl adjacent to an activating group) is 1. The summed E-state index contributed by atoms with van der Waals surface area (Å²) in [5, 5.41) is 0.610. The van der Waals surface area contributed by atoms with Gasteiger partial charge in [0.2, 0.25) is 0 Å². The van der Waals surface area contributed by atoms with Crippen LogP contribution >= 0.6 is 35.3 Å². The third-order valence-electron chi connectivity index (χ3n) is 5.25. The molecule has 0 fully saturated rings. The molecule has 1 aromatic heterocycles. The van der Waals surface area contributed by atoms with Crippen molar-refractivity contribution in [3.63, 3.8) is 0 Å². The lowest BCUT2D eigenvalue weighted by atomic mass is 10.0. The lowest BCUT2D eigenvalue weighted by molar-refractivity contribution is 0.0732. The van der Waals surface area contributed by atoms with Gasteiger partial charge in [-0.05, 0) is 73.3 Å². The van der Waals surface area contributed by atoms with Crippen molar-refractivity contribution in [2.24, 2.45) is 0 Å². The van der Waals surface area contributed by atoms with Crippen LogP contribution in [0.4, 0.5) is 0 Å². The van der Waals surface area contributed by atoms with Crippen LogP contribution in [-0.4, -0.2) is 47.9 Å². The number of rotatable bonds is 7. The standard InChI is InChI=1S/C25H24ClN3O2S.ClH/c1-28(2)12-13-29(24(30)18-6-9-21(26)10-7-18)16-17-4-3-5-19(14-17)20-8-11-22-23(15-20)32-25(31)27-22;/h3-11,14-15H,12-13,16H2,1-2H3,(H,27,31);1H. The number of benzene rings is 3. The minimum atomic E-state index is -0.0526. The van der Waals surface area contributed by atoms with E-state index >= 15 is 0 Å². The number of nitrogens with one attached hydrogen (secondary N) is 1. The Labute approximate surface area is 208 Å². The Hall–Kier alpha value is -2.64. The predicted molar refractivity (Wildman–Crippen MR) is 140 cm³/mol. The fourth-order valence-corrected chi connectivity index (χ4v) is 4.44. The number of hydrogen-bond donors (Lipinski definition) is 1. The molecule has 0 aliphatic rings. The Kier molecular flexibility index (Phi) is 8.32. The Bertz CT molecular complexity index is 1300. The predicted octanol–water partition coefficient (Wildman–Crippen LogP) is 5.54. The fraction of sp³-hybridized carbons (Fsp3) is 0.200. The highest BCUT2D eigenvalue weighted by molar-refractivity contribution is 7.16. The Morgan fingerprint density at radius 3 is 2.42 bits per heavy atom. The summed E-state index contributed by atoms with van der Waals surface area (Å²) in [7, 11) is 3.99. The molecule has 0 radical (unpaired) electrons. The number of halogens is 2. The first kappa shape index (κ1) is 25.0. The zero-order valence-electron chi connectivity index (χ0n) is 18.4. The molecule has 8 heteroatoms. The molecular weight excluding hydrogens is 477 g/mol. The summed E-state index contributed by atoms with van der Waals surface area (Å²) in [6.45, 7) is 1.88. The molecule has 0 saturated heterocycles. The average Bonchev–Trinajstić information content (AvgIpc) is 3.16. The molecule has 0 spiro atoms. The van der Waals surface area contributed by atoms with Crippen LogP contribution in [0.15, 0.2) is 71.5 Å². The Morgan fingerprint density at radius 1 is 0.970 bits per heavy atom. The van der Waals surface area contributed by atoms with Gasteiger partial charge in [0.05, 0.1) is 10.2 Å². The highest BCUT2D eigenvalue weighted by Gasteiger charge is 2.17. The minimum Gasteiger partial charge on any atom is -0.333 e. The van der Waals surface area contributed by atoms with E-state index in [1.165, 1.54) is 11.3 Å². The average molecular weight is 502 g/mol. The molecule has 1 heterocycles. The van der Waals surface area contributed by atoms with E-state index in [-0.39, 0.29) is 23.2 Å². The van der Waals surface area contributed by atoms with E-state index in [1.54, 1.807) is 24.3 Å². The molecule has 1 N–H and O–H groups in total. The van der Waals surface area contributed by atoms with Gasteiger partial charge in [-0.25, -0.2) is 0 Å². The van der Waals surface area contributed by atoms with Gasteiger partial charge in [-0.15, -0.1) is 12.4 Å². The van der Waals surface area contributed by atoms with Crippen LogP contribution in [0.3, 0.4) is 0 Å². The minimum absolute atomic E-state index is 0. The smallest absolute Gasteiger partial charge is 0.305 e. The van der Waals surface area contributed by atoms with Crippen molar-refractivity contribution in [2.45, 2.75) is 6.54 Å². The normalized spacial score (nSPS) is 10.9. The van der Waals surface area contributed by atoms with Crippen molar-refractivity contribution in [3.8, 4) is 11.1 Å². The van der Waals surface area contributed by atoms with Crippen LogP contribution in [0.25, 0.3) is 21.3 Å². The number of aromatic amines is 1. The monoisotopic (exact) mass is 501 g/mol. The number of nitrogens with zero attached hydrogens (tertiary/aromatic N) is 2. The van der Waals surface area contributed by atoms with Crippen molar-refractivity contribution in [1.29, 1.82) is 0 Å². The number of fused-ring (bicyclic) bond motifs is 1. The van der Waals surface area contributed by atoms with Gasteiger partial charge in [-0.3, -0.25) is 9.59 Å². The van der Waals surface area contributed by atoms with Gasteiger partial charge in [-0.1, -0.05) is 47.2 Å². The number of H-pyrrole nitrogens is 1. The molecule has 4 aromatic rings. The number of thiazole rings is 1. The lowest BCUT2D eigenvalue weighted by Crippen LogP contribution is -2.36. The molecule has 0 bridgehead atoms. The van der Waals surface area contributed by atoms with Crippen molar-refractivity contribution < 1.29 is 4.79 Å². The van der Waals surface area contributed by atoms with E-state index in [1.807, 2.05) is 55.4 Å². The first-order valence-corrected chi connectivity index (χ1v) is 11.5. The van der Waals surface area contributed by atoms with Crippen LogP contribution in [0.2, 0.25) is 5.02 Å². The van der Waals surface area contributed by atoms with Crippen molar-refractivity contribution in [3.05, 3.63) is 92.5 Å². The molecule has 0 aliphatic heterocycles.